The second-order valence-corrected chi connectivity index (χ2v) is 4.96. The number of pyridine rings is 1. The van der Waals surface area contributed by atoms with Gasteiger partial charge in [0, 0.05) is 18.0 Å². The smallest absolute Gasteiger partial charge is 0.161 e. The van der Waals surface area contributed by atoms with E-state index in [1.54, 1.807) is 23.7 Å². The first kappa shape index (κ1) is 11.3. The van der Waals surface area contributed by atoms with Gasteiger partial charge in [0.1, 0.15) is 0 Å². The first-order valence-electron chi connectivity index (χ1n) is 5.55. The zero-order chi connectivity index (χ0) is 12.5. The first-order chi connectivity index (χ1) is 8.78. The van der Waals surface area contributed by atoms with E-state index >= 15 is 0 Å². The van der Waals surface area contributed by atoms with Crippen LogP contribution in [0, 0.1) is 6.92 Å². The second kappa shape index (κ2) is 4.44. The fourth-order valence-corrected chi connectivity index (χ4v) is 2.53. The van der Waals surface area contributed by atoms with E-state index in [2.05, 4.69) is 15.0 Å². The summed E-state index contributed by atoms with van der Waals surface area (Å²) < 4.78 is 1.11. The van der Waals surface area contributed by atoms with Crippen molar-refractivity contribution in [3.05, 3.63) is 41.2 Å². The molecule has 0 amide bonds. The lowest BCUT2D eigenvalue weighted by atomic mass is 10.2. The molecule has 0 bridgehead atoms. The molecule has 0 aliphatic carbocycles. The highest BCUT2D eigenvalue weighted by atomic mass is 32.1. The number of hydrogen-bond donors (Lipinski definition) is 1. The average Bonchev–Trinajstić information content (AvgIpc) is 2.86. The molecule has 0 saturated heterocycles. The Labute approximate surface area is 108 Å². The van der Waals surface area contributed by atoms with Crippen LogP contribution in [0.2, 0.25) is 0 Å². The van der Waals surface area contributed by atoms with Crippen molar-refractivity contribution in [1.82, 2.24) is 15.0 Å². The highest BCUT2D eigenvalue weighted by Gasteiger charge is 2.07. The quantitative estimate of drug-likeness (QED) is 0.766. The van der Waals surface area contributed by atoms with Crippen LogP contribution in [0.15, 0.2) is 29.9 Å². The normalized spacial score (nSPS) is 11.0. The fourth-order valence-electron chi connectivity index (χ4n) is 1.75. The van der Waals surface area contributed by atoms with Gasteiger partial charge in [-0.1, -0.05) is 0 Å². The van der Waals surface area contributed by atoms with E-state index in [1.807, 2.05) is 24.4 Å². The molecule has 3 aromatic heterocycles. The molecule has 0 fully saturated rings. The second-order valence-electron chi connectivity index (χ2n) is 4.01. The van der Waals surface area contributed by atoms with Crippen molar-refractivity contribution in [3.8, 4) is 11.4 Å². The maximum atomic E-state index is 9.22. The van der Waals surface area contributed by atoms with Gasteiger partial charge in [-0.15, -0.1) is 11.3 Å². The molecule has 0 saturated carbocycles. The highest BCUT2D eigenvalue weighted by Crippen LogP contribution is 2.24. The molecule has 3 heterocycles. The van der Waals surface area contributed by atoms with E-state index in [4.69, 9.17) is 0 Å². The molecule has 0 aliphatic heterocycles. The van der Waals surface area contributed by atoms with Crippen LogP contribution in [0.3, 0.4) is 0 Å². The molecular weight excluding hydrogens is 246 g/mol. The van der Waals surface area contributed by atoms with Crippen molar-refractivity contribution in [2.24, 2.45) is 0 Å². The van der Waals surface area contributed by atoms with Crippen LogP contribution in [0.1, 0.15) is 11.3 Å². The summed E-state index contributed by atoms with van der Waals surface area (Å²) in [6, 6.07) is 4.01. The summed E-state index contributed by atoms with van der Waals surface area (Å²) in [6.45, 7) is 1.81. The molecular formula is C13H11N3OS. The highest BCUT2D eigenvalue weighted by molar-refractivity contribution is 7.17. The third kappa shape index (κ3) is 1.87. The zero-order valence-electron chi connectivity index (χ0n) is 9.79. The molecule has 0 radical (unpaired) electrons. The summed E-state index contributed by atoms with van der Waals surface area (Å²) in [7, 11) is 0. The van der Waals surface area contributed by atoms with Crippen molar-refractivity contribution < 1.29 is 5.11 Å². The summed E-state index contributed by atoms with van der Waals surface area (Å²) in [6.07, 6.45) is 3.49. The van der Waals surface area contributed by atoms with Gasteiger partial charge in [-0.25, -0.2) is 9.97 Å². The van der Waals surface area contributed by atoms with Crippen LogP contribution in [0.25, 0.3) is 21.6 Å². The van der Waals surface area contributed by atoms with Gasteiger partial charge in [-0.2, -0.15) is 0 Å². The Balaban J connectivity index is 2.13. The Hall–Kier alpha value is -1.85. The largest absolute Gasteiger partial charge is 0.390 e. The molecule has 0 unspecified atom stereocenters. The maximum Gasteiger partial charge on any atom is 0.161 e. The number of aromatic nitrogens is 3. The molecule has 5 heteroatoms. The van der Waals surface area contributed by atoms with Gasteiger partial charge in [-0.3, -0.25) is 4.98 Å². The number of aliphatic hydroxyl groups excluding tert-OH is 1. The number of thiophene rings is 1. The summed E-state index contributed by atoms with van der Waals surface area (Å²) >= 11 is 1.64. The molecule has 90 valence electrons. The predicted octanol–water partition coefficient (Wildman–Crippen LogP) is 2.55. The molecule has 0 atom stereocenters. The topological polar surface area (TPSA) is 58.9 Å². The minimum atomic E-state index is -0.0734. The van der Waals surface area contributed by atoms with E-state index in [9.17, 15) is 5.11 Å². The lowest BCUT2D eigenvalue weighted by Crippen LogP contribution is -1.98. The molecule has 3 rings (SSSR count). The van der Waals surface area contributed by atoms with Crippen molar-refractivity contribution in [1.29, 1.82) is 0 Å². The minimum absolute atomic E-state index is 0.0734. The summed E-state index contributed by atoms with van der Waals surface area (Å²) in [5, 5.41) is 11.2. The zero-order valence-corrected chi connectivity index (χ0v) is 10.6. The van der Waals surface area contributed by atoms with Gasteiger partial charge in [0.25, 0.3) is 0 Å². The lowest BCUT2D eigenvalue weighted by molar-refractivity contribution is 0.276. The maximum absolute atomic E-state index is 9.22. The average molecular weight is 257 g/mol. The van der Waals surface area contributed by atoms with Gasteiger partial charge in [0.15, 0.2) is 5.82 Å². The SMILES string of the molecule is Cc1cnc(-c2cnc3ccsc3c2)nc1CO. The van der Waals surface area contributed by atoms with Crippen molar-refractivity contribution in [2.75, 3.05) is 0 Å². The van der Waals surface area contributed by atoms with E-state index in [1.165, 1.54) is 0 Å². The van der Waals surface area contributed by atoms with E-state index in [0.29, 0.717) is 11.5 Å². The van der Waals surface area contributed by atoms with Crippen molar-refractivity contribution in [2.45, 2.75) is 13.5 Å². The lowest BCUT2D eigenvalue weighted by Gasteiger charge is -2.04. The standard InChI is InChI=1S/C13H11N3OS/c1-8-5-15-13(16-11(8)7-17)9-4-12-10(14-6-9)2-3-18-12/h2-6,17H,7H2,1H3. The summed E-state index contributed by atoms with van der Waals surface area (Å²) in [5.74, 6) is 0.604. The number of aliphatic hydroxyl groups is 1. The number of hydrogen-bond acceptors (Lipinski definition) is 5. The Kier molecular flexibility index (Phi) is 2.77. The molecule has 0 spiro atoms. The summed E-state index contributed by atoms with van der Waals surface area (Å²) in [4.78, 5) is 13.0. The Morgan fingerprint density at radius 3 is 3.00 bits per heavy atom. The van der Waals surface area contributed by atoms with Crippen LogP contribution in [0.4, 0.5) is 0 Å². The van der Waals surface area contributed by atoms with Crippen LogP contribution < -0.4 is 0 Å². The van der Waals surface area contributed by atoms with Gasteiger partial charge in [0.05, 0.1) is 22.5 Å². The molecule has 0 aliphatic rings. The molecule has 3 aromatic rings. The van der Waals surface area contributed by atoms with E-state index < -0.39 is 0 Å². The van der Waals surface area contributed by atoms with E-state index in [-0.39, 0.29) is 6.61 Å². The molecule has 18 heavy (non-hydrogen) atoms. The van der Waals surface area contributed by atoms with Crippen molar-refractivity contribution >= 4 is 21.6 Å². The predicted molar refractivity (Wildman–Crippen MR) is 71.3 cm³/mol. The third-order valence-electron chi connectivity index (χ3n) is 2.79. The number of fused-ring (bicyclic) bond motifs is 1. The van der Waals surface area contributed by atoms with Crippen LogP contribution in [0.5, 0.6) is 0 Å². The first-order valence-corrected chi connectivity index (χ1v) is 6.43. The van der Waals surface area contributed by atoms with Gasteiger partial charge < -0.3 is 5.11 Å². The Morgan fingerprint density at radius 1 is 1.28 bits per heavy atom. The third-order valence-corrected chi connectivity index (χ3v) is 3.64. The Morgan fingerprint density at radius 2 is 2.17 bits per heavy atom. The minimum Gasteiger partial charge on any atom is -0.390 e. The van der Waals surface area contributed by atoms with Crippen molar-refractivity contribution in [3.63, 3.8) is 0 Å². The fraction of sp³-hybridized carbons (Fsp3) is 0.154. The number of rotatable bonds is 2. The van der Waals surface area contributed by atoms with Crippen LogP contribution >= 0.6 is 11.3 Å². The Bertz CT molecular complexity index is 708. The molecule has 4 nitrogen and oxygen atoms in total. The van der Waals surface area contributed by atoms with Gasteiger partial charge >= 0.3 is 0 Å². The van der Waals surface area contributed by atoms with Crippen LogP contribution in [-0.2, 0) is 6.61 Å². The number of aryl methyl sites for hydroxylation is 1. The van der Waals surface area contributed by atoms with Gasteiger partial charge in [0.2, 0.25) is 0 Å². The summed E-state index contributed by atoms with van der Waals surface area (Å²) in [5.41, 5.74) is 3.41. The number of nitrogens with zero attached hydrogens (tertiary/aromatic N) is 3. The van der Waals surface area contributed by atoms with Gasteiger partial charge in [-0.05, 0) is 30.0 Å². The van der Waals surface area contributed by atoms with Crippen LogP contribution in [-0.4, -0.2) is 20.1 Å². The molecule has 0 aromatic carbocycles. The van der Waals surface area contributed by atoms with E-state index in [0.717, 1.165) is 21.3 Å². The molecule has 1 N–H and O–H groups in total. The monoisotopic (exact) mass is 257 g/mol.